The molecule has 32 heavy (non-hydrogen) atoms. The van der Waals surface area contributed by atoms with Crippen LogP contribution in [0.4, 0.5) is 5.00 Å². The number of carbonyl (C=O) groups is 3. The molecule has 0 bridgehead atoms. The summed E-state index contributed by atoms with van der Waals surface area (Å²) in [7, 11) is 0. The predicted molar refractivity (Wildman–Crippen MR) is 121 cm³/mol. The number of amides is 2. The average molecular weight is 460 g/mol. The molecule has 9 nitrogen and oxygen atoms in total. The highest BCUT2D eigenvalue weighted by molar-refractivity contribution is 7.17. The fraction of sp³-hybridized carbons (Fsp3) is 0.364. The van der Waals surface area contributed by atoms with E-state index in [-0.39, 0.29) is 18.1 Å². The molecule has 2 aromatic rings. The van der Waals surface area contributed by atoms with Crippen molar-refractivity contribution in [2.24, 2.45) is 5.10 Å². The molecule has 170 valence electrons. The number of benzene rings is 1. The van der Waals surface area contributed by atoms with E-state index in [0.717, 1.165) is 36.1 Å². The van der Waals surface area contributed by atoms with Crippen molar-refractivity contribution in [1.82, 2.24) is 5.43 Å². The fourth-order valence-electron chi connectivity index (χ4n) is 3.33. The van der Waals surface area contributed by atoms with Crippen molar-refractivity contribution in [2.75, 3.05) is 18.5 Å². The molecule has 0 spiro atoms. The summed E-state index contributed by atoms with van der Waals surface area (Å²) >= 11 is 1.30. The van der Waals surface area contributed by atoms with E-state index in [9.17, 15) is 19.5 Å². The van der Waals surface area contributed by atoms with Crippen LogP contribution in [0.15, 0.2) is 23.3 Å². The maximum atomic E-state index is 12.5. The minimum absolute atomic E-state index is 0.0107. The Morgan fingerprint density at radius 3 is 2.69 bits per heavy atom. The number of fused-ring (bicyclic) bond motifs is 1. The highest BCUT2D eigenvalue weighted by Gasteiger charge is 2.28. The lowest BCUT2D eigenvalue weighted by Gasteiger charge is -2.12. The Morgan fingerprint density at radius 2 is 1.94 bits per heavy atom. The number of thiophene rings is 1. The van der Waals surface area contributed by atoms with Crippen LogP contribution in [0.5, 0.6) is 11.5 Å². The number of hydrogen-bond acceptors (Lipinski definition) is 8. The lowest BCUT2D eigenvalue weighted by atomic mass is 9.95. The molecular formula is C22H25N3O6S. The first kappa shape index (κ1) is 23.3. The molecule has 3 rings (SSSR count). The first-order valence-electron chi connectivity index (χ1n) is 10.4. The minimum Gasteiger partial charge on any atom is -0.504 e. The van der Waals surface area contributed by atoms with E-state index in [0.29, 0.717) is 22.7 Å². The summed E-state index contributed by atoms with van der Waals surface area (Å²) in [5, 5.41) is 16.3. The van der Waals surface area contributed by atoms with Crippen molar-refractivity contribution in [1.29, 1.82) is 0 Å². The summed E-state index contributed by atoms with van der Waals surface area (Å²) in [6, 6.07) is 4.57. The van der Waals surface area contributed by atoms with Gasteiger partial charge in [0.05, 0.1) is 25.0 Å². The first-order valence-corrected chi connectivity index (χ1v) is 11.2. The fourth-order valence-corrected chi connectivity index (χ4v) is 4.60. The summed E-state index contributed by atoms with van der Waals surface area (Å²) in [5.74, 6) is -2.14. The number of hydrogen-bond donors (Lipinski definition) is 3. The number of nitrogens with one attached hydrogen (secondary N) is 2. The molecule has 0 atom stereocenters. The second kappa shape index (κ2) is 10.8. The molecule has 10 heteroatoms. The van der Waals surface area contributed by atoms with E-state index >= 15 is 0 Å². The second-order valence-corrected chi connectivity index (χ2v) is 8.05. The Bertz CT molecular complexity index is 1050. The molecule has 0 saturated carbocycles. The molecule has 1 heterocycles. The van der Waals surface area contributed by atoms with Gasteiger partial charge >= 0.3 is 17.8 Å². The number of hydrazone groups is 1. The van der Waals surface area contributed by atoms with Crippen molar-refractivity contribution in [3.05, 3.63) is 39.8 Å². The first-order chi connectivity index (χ1) is 15.4. The average Bonchev–Trinajstić information content (AvgIpc) is 3.14. The Morgan fingerprint density at radius 1 is 1.16 bits per heavy atom. The van der Waals surface area contributed by atoms with Crippen LogP contribution in [-0.4, -0.2) is 42.3 Å². The topological polar surface area (TPSA) is 126 Å². The molecular weight excluding hydrogens is 434 g/mol. The van der Waals surface area contributed by atoms with Crippen LogP contribution in [0.3, 0.4) is 0 Å². The zero-order valence-corrected chi connectivity index (χ0v) is 18.7. The van der Waals surface area contributed by atoms with Gasteiger partial charge in [0.15, 0.2) is 11.5 Å². The van der Waals surface area contributed by atoms with Crippen LogP contribution < -0.4 is 15.5 Å². The molecule has 1 aromatic carbocycles. The smallest absolute Gasteiger partial charge is 0.341 e. The molecule has 3 N–H and O–H groups in total. The van der Waals surface area contributed by atoms with Gasteiger partial charge in [-0.3, -0.25) is 9.59 Å². The van der Waals surface area contributed by atoms with Crippen LogP contribution in [-0.2, 0) is 27.2 Å². The van der Waals surface area contributed by atoms with Crippen LogP contribution in [0, 0.1) is 0 Å². The third kappa shape index (κ3) is 5.44. The van der Waals surface area contributed by atoms with Gasteiger partial charge in [0, 0.05) is 4.88 Å². The quantitative estimate of drug-likeness (QED) is 0.253. The third-order valence-corrected chi connectivity index (χ3v) is 5.95. The number of aryl methyl sites for hydroxylation is 1. The number of rotatable bonds is 7. The monoisotopic (exact) mass is 459 g/mol. The van der Waals surface area contributed by atoms with E-state index in [1.807, 2.05) is 0 Å². The molecule has 1 aliphatic carbocycles. The van der Waals surface area contributed by atoms with Crippen molar-refractivity contribution < 1.29 is 29.0 Å². The third-order valence-electron chi connectivity index (χ3n) is 4.75. The summed E-state index contributed by atoms with van der Waals surface area (Å²) in [6.07, 6.45) is 4.86. The van der Waals surface area contributed by atoms with Gasteiger partial charge in [0.2, 0.25) is 0 Å². The van der Waals surface area contributed by atoms with E-state index in [1.54, 1.807) is 26.0 Å². The number of ether oxygens (including phenoxy) is 2. The summed E-state index contributed by atoms with van der Waals surface area (Å²) in [5.41, 5.74) is 3.95. The molecule has 1 aromatic heterocycles. The molecule has 0 fully saturated rings. The van der Waals surface area contributed by atoms with Gasteiger partial charge in [0.1, 0.15) is 5.00 Å². The number of nitrogens with zero attached hydrogens (tertiary/aromatic N) is 1. The Labute approximate surface area is 189 Å². The number of carbonyl (C=O) groups excluding carboxylic acids is 3. The van der Waals surface area contributed by atoms with Gasteiger partial charge in [-0.25, -0.2) is 10.2 Å². The number of phenols is 1. The van der Waals surface area contributed by atoms with E-state index in [4.69, 9.17) is 9.47 Å². The summed E-state index contributed by atoms with van der Waals surface area (Å²) in [4.78, 5) is 38.1. The number of esters is 1. The molecule has 0 unspecified atom stereocenters. The largest absolute Gasteiger partial charge is 0.504 e. The van der Waals surface area contributed by atoms with Gasteiger partial charge in [-0.05, 0) is 68.9 Å². The van der Waals surface area contributed by atoms with Crippen LogP contribution >= 0.6 is 11.3 Å². The second-order valence-electron chi connectivity index (χ2n) is 6.95. The van der Waals surface area contributed by atoms with Crippen LogP contribution in [0.1, 0.15) is 53.1 Å². The molecule has 0 saturated heterocycles. The van der Waals surface area contributed by atoms with E-state index in [2.05, 4.69) is 15.8 Å². The SMILES string of the molecule is CCOC(=O)c1c(NC(=O)C(=O)N/N=C\c2ccc(O)c(OCC)c2)sc2c1CCCC2. The molecule has 0 radical (unpaired) electrons. The van der Waals surface area contributed by atoms with E-state index in [1.165, 1.54) is 23.6 Å². The minimum atomic E-state index is -0.980. The van der Waals surface area contributed by atoms with Crippen molar-refractivity contribution in [3.8, 4) is 11.5 Å². The molecule has 0 aliphatic heterocycles. The Hall–Kier alpha value is -3.40. The van der Waals surface area contributed by atoms with E-state index < -0.39 is 17.8 Å². The van der Waals surface area contributed by atoms with Gasteiger partial charge < -0.3 is 19.9 Å². The van der Waals surface area contributed by atoms with Crippen molar-refractivity contribution in [2.45, 2.75) is 39.5 Å². The van der Waals surface area contributed by atoms with Gasteiger partial charge in [-0.1, -0.05) is 0 Å². The highest BCUT2D eigenvalue weighted by atomic mass is 32.1. The number of phenolic OH excluding ortho intramolecular Hbond substituents is 1. The van der Waals surface area contributed by atoms with Crippen LogP contribution in [0.2, 0.25) is 0 Å². The maximum absolute atomic E-state index is 12.5. The lowest BCUT2D eigenvalue weighted by molar-refractivity contribution is -0.136. The van der Waals surface area contributed by atoms with Crippen molar-refractivity contribution in [3.63, 3.8) is 0 Å². The molecule has 1 aliphatic rings. The summed E-state index contributed by atoms with van der Waals surface area (Å²) in [6.45, 7) is 4.10. The number of anilines is 1. The zero-order chi connectivity index (χ0) is 23.1. The van der Waals surface area contributed by atoms with Crippen molar-refractivity contribution >= 4 is 40.3 Å². The maximum Gasteiger partial charge on any atom is 0.341 e. The predicted octanol–water partition coefficient (Wildman–Crippen LogP) is 3.00. The standard InChI is InChI=1S/C22H25N3O6S/c1-3-30-16-11-13(9-10-15(16)26)12-23-25-20(28)19(27)24-21-18(22(29)31-4-2)14-7-5-6-8-17(14)32-21/h9-12,26H,3-8H2,1-2H3,(H,24,27)(H,25,28)/b23-12-. The summed E-state index contributed by atoms with van der Waals surface area (Å²) < 4.78 is 10.4. The lowest BCUT2D eigenvalue weighted by Crippen LogP contribution is -2.32. The normalized spacial score (nSPS) is 12.8. The Balaban J connectivity index is 1.68. The van der Waals surface area contributed by atoms with Gasteiger partial charge in [0.25, 0.3) is 0 Å². The molecule has 2 amide bonds. The Kier molecular flexibility index (Phi) is 7.82. The van der Waals surface area contributed by atoms with Gasteiger partial charge in [-0.2, -0.15) is 5.10 Å². The van der Waals surface area contributed by atoms with Crippen LogP contribution in [0.25, 0.3) is 0 Å². The number of aromatic hydroxyl groups is 1. The zero-order valence-electron chi connectivity index (χ0n) is 17.9. The highest BCUT2D eigenvalue weighted by Crippen LogP contribution is 2.38. The van der Waals surface area contributed by atoms with Gasteiger partial charge in [-0.15, -0.1) is 11.3 Å².